The molecule has 0 unspecified atom stereocenters. The van der Waals surface area contributed by atoms with Crippen LogP contribution in [0.3, 0.4) is 0 Å². The number of hydrogen-bond donors (Lipinski definition) is 2. The maximum Gasteiger partial charge on any atom is 0.319 e. The number of benzene rings is 2. The number of hydrogen-bond acceptors (Lipinski definition) is 3. The second-order valence-electron chi connectivity index (χ2n) is 6.24. The van der Waals surface area contributed by atoms with E-state index in [1.54, 1.807) is 17.4 Å². The number of nitrogens with zero attached hydrogens (tertiary/aromatic N) is 1. The fourth-order valence-electron chi connectivity index (χ4n) is 2.40. The van der Waals surface area contributed by atoms with Crippen molar-refractivity contribution in [1.82, 2.24) is 10.3 Å². The van der Waals surface area contributed by atoms with Gasteiger partial charge in [-0.05, 0) is 42.7 Å². The van der Waals surface area contributed by atoms with Gasteiger partial charge in [0.05, 0.1) is 15.2 Å². The van der Waals surface area contributed by atoms with Gasteiger partial charge in [-0.2, -0.15) is 0 Å². The van der Waals surface area contributed by atoms with Crippen LogP contribution in [0, 0.1) is 5.92 Å². The molecule has 2 N–H and O–H groups in total. The Morgan fingerprint density at radius 1 is 1.24 bits per heavy atom. The third-order valence-corrected chi connectivity index (χ3v) is 5.14. The minimum absolute atomic E-state index is 0.218. The van der Waals surface area contributed by atoms with E-state index < -0.39 is 0 Å². The number of carbonyl (C=O) groups excluding carboxylic acids is 1. The number of anilines is 1. The first-order valence-corrected chi connectivity index (χ1v) is 9.42. The second-order valence-corrected chi connectivity index (χ2v) is 7.68. The van der Waals surface area contributed by atoms with E-state index in [0.717, 1.165) is 27.2 Å². The molecule has 2 aromatic carbocycles. The molecule has 0 saturated carbocycles. The lowest BCUT2D eigenvalue weighted by molar-refractivity contribution is 0.251. The minimum Gasteiger partial charge on any atom is -0.338 e. The Morgan fingerprint density at radius 3 is 2.76 bits per heavy atom. The summed E-state index contributed by atoms with van der Waals surface area (Å²) in [5.74, 6) is 0.558. The summed E-state index contributed by atoms with van der Waals surface area (Å²) in [7, 11) is 0. The van der Waals surface area contributed by atoms with Gasteiger partial charge in [0.15, 0.2) is 0 Å². The van der Waals surface area contributed by atoms with Crippen LogP contribution in [0.1, 0.15) is 20.3 Å². The second kappa shape index (κ2) is 7.85. The summed E-state index contributed by atoms with van der Waals surface area (Å²) in [6.07, 6.45) is 0.949. The smallest absolute Gasteiger partial charge is 0.319 e. The van der Waals surface area contributed by atoms with Crippen LogP contribution in [0.4, 0.5) is 10.5 Å². The van der Waals surface area contributed by atoms with Crippen LogP contribution in [0.5, 0.6) is 0 Å². The topological polar surface area (TPSA) is 54.0 Å². The highest BCUT2D eigenvalue weighted by atomic mass is 35.5. The van der Waals surface area contributed by atoms with Crippen LogP contribution < -0.4 is 10.6 Å². The van der Waals surface area contributed by atoms with Crippen molar-refractivity contribution in [1.29, 1.82) is 0 Å². The number of aromatic nitrogens is 1. The van der Waals surface area contributed by atoms with E-state index in [0.29, 0.717) is 23.2 Å². The predicted molar refractivity (Wildman–Crippen MR) is 107 cm³/mol. The Hall–Kier alpha value is -2.11. The number of rotatable bonds is 5. The van der Waals surface area contributed by atoms with Crippen molar-refractivity contribution in [2.24, 2.45) is 5.92 Å². The number of nitrogens with one attached hydrogen (secondary N) is 2. The highest BCUT2D eigenvalue weighted by Crippen LogP contribution is 2.35. The van der Waals surface area contributed by atoms with Gasteiger partial charge >= 0.3 is 6.03 Å². The zero-order valence-electron chi connectivity index (χ0n) is 14.2. The summed E-state index contributed by atoms with van der Waals surface area (Å²) in [5, 5.41) is 7.10. The number of amides is 2. The third-order valence-electron chi connectivity index (χ3n) is 3.76. The molecule has 0 aliphatic rings. The molecule has 4 nitrogen and oxygen atoms in total. The van der Waals surface area contributed by atoms with E-state index in [1.165, 1.54) is 0 Å². The molecule has 0 fully saturated rings. The number of halogens is 1. The normalized spacial score (nSPS) is 11.0. The molecule has 0 radical (unpaired) electrons. The number of urea groups is 1. The van der Waals surface area contributed by atoms with Crippen molar-refractivity contribution in [3.8, 4) is 10.6 Å². The average molecular weight is 374 g/mol. The number of fused-ring (bicyclic) bond motifs is 1. The summed E-state index contributed by atoms with van der Waals surface area (Å²) >= 11 is 8.02. The molecule has 3 rings (SSSR count). The molecule has 0 atom stereocenters. The van der Waals surface area contributed by atoms with Gasteiger partial charge in [-0.15, -0.1) is 11.3 Å². The first kappa shape index (κ1) is 17.7. The number of thiazole rings is 1. The van der Waals surface area contributed by atoms with E-state index in [-0.39, 0.29) is 6.03 Å². The maximum absolute atomic E-state index is 11.9. The Bertz CT molecular complexity index is 858. The van der Waals surface area contributed by atoms with Crippen LogP contribution in [-0.2, 0) is 0 Å². The quantitative estimate of drug-likeness (QED) is 0.595. The largest absolute Gasteiger partial charge is 0.338 e. The van der Waals surface area contributed by atoms with Gasteiger partial charge in [0.25, 0.3) is 0 Å². The van der Waals surface area contributed by atoms with Gasteiger partial charge in [-0.25, -0.2) is 9.78 Å². The SMILES string of the molecule is CC(C)CCNC(=O)Nc1ccc(-c2nc3ccccc3s2)c(Cl)c1. The van der Waals surface area contributed by atoms with Crippen molar-refractivity contribution in [2.75, 3.05) is 11.9 Å². The van der Waals surface area contributed by atoms with Crippen molar-refractivity contribution >= 4 is 44.9 Å². The lowest BCUT2D eigenvalue weighted by Gasteiger charge is -2.10. The summed E-state index contributed by atoms with van der Waals surface area (Å²) in [4.78, 5) is 16.5. The summed E-state index contributed by atoms with van der Waals surface area (Å²) < 4.78 is 1.13. The molecule has 0 aliphatic carbocycles. The van der Waals surface area contributed by atoms with Crippen molar-refractivity contribution in [2.45, 2.75) is 20.3 Å². The van der Waals surface area contributed by atoms with E-state index in [9.17, 15) is 4.79 Å². The molecule has 0 spiro atoms. The molecular weight excluding hydrogens is 354 g/mol. The fraction of sp³-hybridized carbons (Fsp3) is 0.263. The van der Waals surface area contributed by atoms with Crippen LogP contribution in [0.25, 0.3) is 20.8 Å². The molecule has 0 bridgehead atoms. The van der Waals surface area contributed by atoms with Crippen LogP contribution in [-0.4, -0.2) is 17.6 Å². The summed E-state index contributed by atoms with van der Waals surface area (Å²) in [5.41, 5.74) is 2.50. The van der Waals surface area contributed by atoms with Crippen molar-refractivity contribution < 1.29 is 4.79 Å². The molecule has 130 valence electrons. The number of para-hydroxylation sites is 1. The molecule has 25 heavy (non-hydrogen) atoms. The first-order chi connectivity index (χ1) is 12.0. The van der Waals surface area contributed by atoms with Gasteiger partial charge in [0.1, 0.15) is 5.01 Å². The summed E-state index contributed by atoms with van der Waals surface area (Å²) in [6, 6.07) is 13.3. The molecule has 3 aromatic rings. The van der Waals surface area contributed by atoms with Crippen LogP contribution in [0.2, 0.25) is 5.02 Å². The molecule has 0 aliphatic heterocycles. The third kappa shape index (κ3) is 4.50. The average Bonchev–Trinajstić information content (AvgIpc) is 2.98. The summed E-state index contributed by atoms with van der Waals surface area (Å²) in [6.45, 7) is 4.90. The van der Waals surface area contributed by atoms with Crippen LogP contribution in [0.15, 0.2) is 42.5 Å². The Morgan fingerprint density at radius 2 is 2.04 bits per heavy atom. The minimum atomic E-state index is -0.218. The lowest BCUT2D eigenvalue weighted by atomic mass is 10.1. The molecule has 2 amide bonds. The molecular formula is C19H20ClN3OS. The van der Waals surface area contributed by atoms with Gasteiger partial charge < -0.3 is 10.6 Å². The van der Waals surface area contributed by atoms with Gasteiger partial charge in [0.2, 0.25) is 0 Å². The van der Waals surface area contributed by atoms with Gasteiger partial charge in [0, 0.05) is 17.8 Å². The van der Waals surface area contributed by atoms with E-state index >= 15 is 0 Å². The first-order valence-electron chi connectivity index (χ1n) is 8.23. The molecule has 1 heterocycles. The van der Waals surface area contributed by atoms with E-state index in [2.05, 4.69) is 29.5 Å². The Kier molecular flexibility index (Phi) is 5.56. The van der Waals surface area contributed by atoms with Gasteiger partial charge in [-0.3, -0.25) is 0 Å². The number of carbonyl (C=O) groups is 1. The predicted octanol–water partition coefficient (Wildman–Crippen LogP) is 5.78. The van der Waals surface area contributed by atoms with Crippen molar-refractivity contribution in [3.63, 3.8) is 0 Å². The Balaban J connectivity index is 1.71. The fourth-order valence-corrected chi connectivity index (χ4v) is 3.73. The van der Waals surface area contributed by atoms with E-state index in [1.807, 2.05) is 36.4 Å². The monoisotopic (exact) mass is 373 g/mol. The Labute approximate surface area is 156 Å². The zero-order chi connectivity index (χ0) is 17.8. The highest BCUT2D eigenvalue weighted by molar-refractivity contribution is 7.21. The zero-order valence-corrected chi connectivity index (χ0v) is 15.7. The standard InChI is InChI=1S/C19H20ClN3OS/c1-12(2)9-10-21-19(24)22-13-7-8-14(15(20)11-13)18-23-16-5-3-4-6-17(16)25-18/h3-8,11-12H,9-10H2,1-2H3,(H2,21,22,24). The van der Waals surface area contributed by atoms with Crippen molar-refractivity contribution in [3.05, 3.63) is 47.5 Å². The van der Waals surface area contributed by atoms with Crippen LogP contribution >= 0.6 is 22.9 Å². The molecule has 1 aromatic heterocycles. The molecule has 6 heteroatoms. The molecule has 0 saturated heterocycles. The highest BCUT2D eigenvalue weighted by Gasteiger charge is 2.11. The van der Waals surface area contributed by atoms with Gasteiger partial charge in [-0.1, -0.05) is 37.6 Å². The van der Waals surface area contributed by atoms with E-state index in [4.69, 9.17) is 11.6 Å². The maximum atomic E-state index is 11.9. The lowest BCUT2D eigenvalue weighted by Crippen LogP contribution is -2.30.